The van der Waals surface area contributed by atoms with Crippen LogP contribution in [-0.2, 0) is 23.7 Å². The first-order chi connectivity index (χ1) is 20.6. The molecule has 0 radical (unpaired) electrons. The lowest BCUT2D eigenvalue weighted by Crippen LogP contribution is -2.07. The maximum absolute atomic E-state index is 11.3. The second-order valence-electron chi connectivity index (χ2n) is 9.54. The molecule has 2 aliphatic rings. The summed E-state index contributed by atoms with van der Waals surface area (Å²) in [5, 5.41) is 9.33. The summed E-state index contributed by atoms with van der Waals surface area (Å²) in [6, 6.07) is 31.1. The van der Waals surface area contributed by atoms with Crippen molar-refractivity contribution in [3.63, 3.8) is 0 Å². The van der Waals surface area contributed by atoms with Gasteiger partial charge in [-0.15, -0.1) is 0 Å². The second-order valence-corrected chi connectivity index (χ2v) is 9.54. The van der Waals surface area contributed by atoms with E-state index in [0.717, 1.165) is 39.6 Å². The van der Waals surface area contributed by atoms with E-state index in [1.165, 1.54) is 6.08 Å². The van der Waals surface area contributed by atoms with Gasteiger partial charge in [0.05, 0.1) is 26.4 Å². The molecule has 0 aliphatic carbocycles. The molecule has 2 saturated heterocycles. The number of benzene rings is 4. The molecule has 216 valence electrons. The molecule has 4 aromatic rings. The lowest BCUT2D eigenvalue weighted by Gasteiger charge is -2.12. The molecular formula is C33H34N4O5. The third-order valence-corrected chi connectivity index (χ3v) is 6.39. The largest absolute Gasteiger partial charge is 0.399 e. The summed E-state index contributed by atoms with van der Waals surface area (Å²) in [6.45, 7) is 6.03. The second kappa shape index (κ2) is 14.3. The van der Waals surface area contributed by atoms with E-state index in [-0.39, 0.29) is 18.5 Å². The lowest BCUT2D eigenvalue weighted by atomic mass is 10.2. The predicted molar refractivity (Wildman–Crippen MR) is 165 cm³/mol. The van der Waals surface area contributed by atoms with Crippen LogP contribution in [-0.4, -0.2) is 32.3 Å². The molecule has 6 rings (SSSR count). The molecule has 0 aromatic heterocycles. The number of rotatable bonds is 8. The zero-order chi connectivity index (χ0) is 29.1. The monoisotopic (exact) mass is 566 g/mol. The molecule has 0 spiro atoms. The molecule has 0 saturated carbocycles. The summed E-state index contributed by atoms with van der Waals surface area (Å²) < 4.78 is 21.8. The van der Waals surface area contributed by atoms with Crippen LogP contribution in [0.1, 0.15) is 23.7 Å². The first-order valence-corrected chi connectivity index (χ1v) is 13.7. The lowest BCUT2D eigenvalue weighted by molar-refractivity contribution is -0.111. The molecule has 9 heteroatoms. The molecule has 2 aliphatic heterocycles. The topological polar surface area (TPSA) is 116 Å². The van der Waals surface area contributed by atoms with E-state index in [1.54, 1.807) is 0 Å². The highest BCUT2D eigenvalue weighted by molar-refractivity contribution is 5.99. The fourth-order valence-corrected chi connectivity index (χ4v) is 4.37. The quantitative estimate of drug-likeness (QED) is 0.138. The Labute approximate surface area is 245 Å². The van der Waals surface area contributed by atoms with Crippen LogP contribution in [0.5, 0.6) is 0 Å². The number of hydrogen-bond donors (Lipinski definition) is 4. The van der Waals surface area contributed by atoms with E-state index in [1.807, 2.05) is 97.1 Å². The van der Waals surface area contributed by atoms with E-state index >= 15 is 0 Å². The van der Waals surface area contributed by atoms with Gasteiger partial charge in [0.2, 0.25) is 5.91 Å². The Hall–Kier alpha value is -4.67. The Balaban J connectivity index is 0.000000171. The molecule has 1 amide bonds. The molecule has 2 heterocycles. The molecular weight excluding hydrogens is 532 g/mol. The number of hydrogen-bond acceptors (Lipinski definition) is 8. The smallest absolute Gasteiger partial charge is 0.247 e. The highest BCUT2D eigenvalue weighted by atomic mass is 16.7. The zero-order valence-electron chi connectivity index (χ0n) is 23.1. The van der Waals surface area contributed by atoms with Crippen molar-refractivity contribution in [2.24, 2.45) is 0 Å². The Morgan fingerprint density at radius 1 is 0.643 bits per heavy atom. The van der Waals surface area contributed by atoms with Crippen LogP contribution in [0.15, 0.2) is 110 Å². The van der Waals surface area contributed by atoms with Gasteiger partial charge in [-0.25, -0.2) is 0 Å². The van der Waals surface area contributed by atoms with Gasteiger partial charge in [0.15, 0.2) is 12.6 Å². The van der Waals surface area contributed by atoms with E-state index in [4.69, 9.17) is 24.7 Å². The van der Waals surface area contributed by atoms with Crippen LogP contribution in [0.25, 0.3) is 0 Å². The molecule has 9 nitrogen and oxygen atoms in total. The fraction of sp³-hybridized carbons (Fsp3) is 0.182. The first kappa shape index (κ1) is 28.8. The molecule has 4 aromatic carbocycles. The van der Waals surface area contributed by atoms with Crippen molar-refractivity contribution in [1.29, 1.82) is 0 Å². The first-order valence-electron chi connectivity index (χ1n) is 13.7. The van der Waals surface area contributed by atoms with Crippen molar-refractivity contribution in [3.05, 3.63) is 121 Å². The number of anilines is 6. The SMILES string of the molecule is C=CC(=O)Nc1cccc(Nc2ccc(C3OCCO3)cc2)c1.Nc1cccc(Nc2ccc(C3OCCO3)cc2)c1. The third kappa shape index (κ3) is 8.18. The summed E-state index contributed by atoms with van der Waals surface area (Å²) in [7, 11) is 0. The number of nitrogen functional groups attached to an aromatic ring is 1. The van der Waals surface area contributed by atoms with Crippen molar-refractivity contribution in [1.82, 2.24) is 0 Å². The van der Waals surface area contributed by atoms with Crippen molar-refractivity contribution in [2.45, 2.75) is 12.6 Å². The van der Waals surface area contributed by atoms with Crippen LogP contribution in [0, 0.1) is 0 Å². The molecule has 2 fully saturated rings. The van der Waals surface area contributed by atoms with Gasteiger partial charge in [-0.3, -0.25) is 4.79 Å². The van der Waals surface area contributed by atoms with Gasteiger partial charge < -0.3 is 40.6 Å². The molecule has 0 bridgehead atoms. The van der Waals surface area contributed by atoms with Gasteiger partial charge in [-0.2, -0.15) is 0 Å². The van der Waals surface area contributed by atoms with Crippen molar-refractivity contribution in [2.75, 3.05) is 48.1 Å². The normalized spacial score (nSPS) is 15.0. The molecule has 42 heavy (non-hydrogen) atoms. The van der Waals surface area contributed by atoms with Gasteiger partial charge in [0, 0.05) is 45.3 Å². The highest BCUT2D eigenvalue weighted by Crippen LogP contribution is 2.27. The number of carbonyl (C=O) groups excluding carboxylic acids is 1. The number of ether oxygens (including phenoxy) is 4. The van der Waals surface area contributed by atoms with Gasteiger partial charge in [0.25, 0.3) is 0 Å². The van der Waals surface area contributed by atoms with Gasteiger partial charge in [-0.05, 0) is 66.7 Å². The Kier molecular flexibility index (Phi) is 9.81. The minimum absolute atomic E-state index is 0.221. The van der Waals surface area contributed by atoms with E-state index in [0.29, 0.717) is 32.1 Å². The van der Waals surface area contributed by atoms with E-state index in [2.05, 4.69) is 22.5 Å². The highest BCUT2D eigenvalue weighted by Gasteiger charge is 2.18. The molecule has 5 N–H and O–H groups in total. The van der Waals surface area contributed by atoms with Gasteiger partial charge in [-0.1, -0.05) is 43.0 Å². The van der Waals surface area contributed by atoms with Crippen LogP contribution < -0.4 is 21.7 Å². The maximum Gasteiger partial charge on any atom is 0.247 e. The summed E-state index contributed by atoms with van der Waals surface area (Å²) in [5.41, 5.74) is 13.0. The zero-order valence-corrected chi connectivity index (χ0v) is 23.1. The van der Waals surface area contributed by atoms with Crippen LogP contribution in [0.2, 0.25) is 0 Å². The minimum Gasteiger partial charge on any atom is -0.399 e. The predicted octanol–water partition coefficient (Wildman–Crippen LogP) is 6.66. The minimum atomic E-state index is -0.263. The van der Waals surface area contributed by atoms with E-state index in [9.17, 15) is 4.79 Å². The Morgan fingerprint density at radius 3 is 1.57 bits per heavy atom. The van der Waals surface area contributed by atoms with Crippen molar-refractivity contribution < 1.29 is 23.7 Å². The van der Waals surface area contributed by atoms with E-state index < -0.39 is 0 Å². The Morgan fingerprint density at radius 2 is 1.10 bits per heavy atom. The summed E-state index contributed by atoms with van der Waals surface area (Å²) in [6.07, 6.45) is 0.759. The van der Waals surface area contributed by atoms with Crippen LogP contribution in [0.4, 0.5) is 34.1 Å². The number of nitrogens with two attached hydrogens (primary N) is 1. The third-order valence-electron chi connectivity index (χ3n) is 6.39. The van der Waals surface area contributed by atoms with Crippen molar-refractivity contribution >= 4 is 40.0 Å². The molecule has 0 atom stereocenters. The average molecular weight is 567 g/mol. The number of amides is 1. The Bertz CT molecular complexity index is 1460. The van der Waals surface area contributed by atoms with Crippen molar-refractivity contribution in [3.8, 4) is 0 Å². The van der Waals surface area contributed by atoms with Crippen LogP contribution >= 0.6 is 0 Å². The fourth-order valence-electron chi connectivity index (χ4n) is 4.37. The van der Waals surface area contributed by atoms with Gasteiger partial charge in [0.1, 0.15) is 0 Å². The van der Waals surface area contributed by atoms with Crippen LogP contribution in [0.3, 0.4) is 0 Å². The van der Waals surface area contributed by atoms with Gasteiger partial charge >= 0.3 is 0 Å². The number of nitrogens with one attached hydrogen (secondary N) is 3. The summed E-state index contributed by atoms with van der Waals surface area (Å²) in [5.74, 6) is -0.233. The number of carbonyl (C=O) groups is 1. The standard InChI is InChI=1S/C18H18N2O3.C15H16N2O2/c1-2-17(21)20-16-5-3-4-15(12-16)19-14-8-6-13(7-9-14)18-22-10-11-23-18;16-12-2-1-3-14(10-12)17-13-6-4-11(5-7-13)15-18-8-9-19-15/h2-9,12,18-19H,1,10-11H2,(H,20,21);1-7,10,15,17H,8-9,16H2. The summed E-state index contributed by atoms with van der Waals surface area (Å²) >= 11 is 0. The molecule has 0 unspecified atom stereocenters. The maximum atomic E-state index is 11.3. The average Bonchev–Trinajstić information content (AvgIpc) is 3.74. The summed E-state index contributed by atoms with van der Waals surface area (Å²) in [4.78, 5) is 11.3.